The van der Waals surface area contributed by atoms with Crippen LogP contribution in [0.25, 0.3) is 11.1 Å². The largest absolute Gasteiger partial charge is 0.481 e. The van der Waals surface area contributed by atoms with Gasteiger partial charge in [-0.3, -0.25) is 9.59 Å². The summed E-state index contributed by atoms with van der Waals surface area (Å²) in [6.07, 6.45) is 5.24. The first-order chi connectivity index (χ1) is 15.5. The number of hydrogen-bond donors (Lipinski definition) is 4. The van der Waals surface area contributed by atoms with Crippen LogP contribution in [-0.4, -0.2) is 44.7 Å². The number of carbonyl (C=O) groups excluding carboxylic acids is 1. The number of aromatic nitrogens is 2. The standard InChI is InChI=1S/C25H29N3O4/c29-16-23(14-22-15-26-17-27-22)28-25(32)21(13-24(30)31)8-4-5-18-9-11-20(12-10-18)19-6-2-1-3-7-19/h1-3,6-7,9-12,15,17,21,23,29H,4-5,8,13-14,16H2,(H,26,27)(H,28,32)(H,30,31)/t21?,23-/m1/s1. The van der Waals surface area contributed by atoms with Gasteiger partial charge in [0, 0.05) is 24.2 Å². The Morgan fingerprint density at radius 2 is 1.75 bits per heavy atom. The molecule has 0 aliphatic rings. The molecule has 1 aromatic heterocycles. The van der Waals surface area contributed by atoms with Crippen LogP contribution in [0.2, 0.25) is 0 Å². The van der Waals surface area contributed by atoms with Crippen LogP contribution in [-0.2, 0) is 22.4 Å². The normalized spacial score (nSPS) is 12.8. The van der Waals surface area contributed by atoms with Crippen molar-refractivity contribution < 1.29 is 19.8 Å². The van der Waals surface area contributed by atoms with E-state index in [2.05, 4.69) is 51.7 Å². The molecule has 0 spiro atoms. The van der Waals surface area contributed by atoms with Gasteiger partial charge in [-0.25, -0.2) is 4.98 Å². The van der Waals surface area contributed by atoms with E-state index in [0.29, 0.717) is 19.3 Å². The van der Waals surface area contributed by atoms with E-state index in [4.69, 9.17) is 0 Å². The topological polar surface area (TPSA) is 115 Å². The van der Waals surface area contributed by atoms with E-state index >= 15 is 0 Å². The van der Waals surface area contributed by atoms with Crippen LogP contribution in [0.4, 0.5) is 0 Å². The number of amides is 1. The van der Waals surface area contributed by atoms with Crippen molar-refractivity contribution in [3.63, 3.8) is 0 Å². The van der Waals surface area contributed by atoms with Gasteiger partial charge in [0.1, 0.15) is 0 Å². The number of benzene rings is 2. The van der Waals surface area contributed by atoms with Crippen molar-refractivity contribution in [2.75, 3.05) is 6.61 Å². The Labute approximate surface area is 187 Å². The second kappa shape index (κ2) is 11.8. The highest BCUT2D eigenvalue weighted by atomic mass is 16.4. The Morgan fingerprint density at radius 3 is 2.38 bits per heavy atom. The SMILES string of the molecule is O=C(O)CC(CCCc1ccc(-c2ccccc2)cc1)C(=O)N[C@@H](CO)Cc1cnc[nH]1. The van der Waals surface area contributed by atoms with E-state index in [1.807, 2.05) is 18.2 Å². The summed E-state index contributed by atoms with van der Waals surface area (Å²) in [6.45, 7) is -0.238. The zero-order valence-corrected chi connectivity index (χ0v) is 17.9. The van der Waals surface area contributed by atoms with E-state index < -0.39 is 17.9 Å². The van der Waals surface area contributed by atoms with Crippen molar-refractivity contribution in [1.29, 1.82) is 0 Å². The van der Waals surface area contributed by atoms with Crippen LogP contribution < -0.4 is 5.32 Å². The molecule has 7 heteroatoms. The molecule has 4 N–H and O–H groups in total. The summed E-state index contributed by atoms with van der Waals surface area (Å²) in [4.78, 5) is 30.9. The number of aryl methyl sites for hydroxylation is 1. The molecule has 3 rings (SSSR count). The lowest BCUT2D eigenvalue weighted by atomic mass is 9.94. The van der Waals surface area contributed by atoms with Gasteiger partial charge in [-0.15, -0.1) is 0 Å². The van der Waals surface area contributed by atoms with Gasteiger partial charge >= 0.3 is 5.97 Å². The van der Waals surface area contributed by atoms with Crippen molar-refractivity contribution >= 4 is 11.9 Å². The number of nitrogens with zero attached hydrogens (tertiary/aromatic N) is 1. The van der Waals surface area contributed by atoms with Gasteiger partial charge in [0.25, 0.3) is 0 Å². The molecule has 0 saturated carbocycles. The zero-order chi connectivity index (χ0) is 22.8. The number of hydrogen-bond acceptors (Lipinski definition) is 4. The molecular formula is C25H29N3O4. The van der Waals surface area contributed by atoms with E-state index in [9.17, 15) is 19.8 Å². The van der Waals surface area contributed by atoms with Crippen molar-refractivity contribution in [3.8, 4) is 11.1 Å². The Bertz CT molecular complexity index is 972. The summed E-state index contributed by atoms with van der Waals surface area (Å²) in [5.41, 5.74) is 4.24. The van der Waals surface area contributed by atoms with Gasteiger partial charge in [-0.2, -0.15) is 0 Å². The van der Waals surface area contributed by atoms with E-state index in [0.717, 1.165) is 28.8 Å². The number of carboxylic acid groups (broad SMARTS) is 1. The summed E-state index contributed by atoms with van der Waals surface area (Å²) in [5.74, 6) is -2.00. The van der Waals surface area contributed by atoms with Gasteiger partial charge in [-0.1, -0.05) is 54.6 Å². The van der Waals surface area contributed by atoms with Crippen molar-refractivity contribution in [2.24, 2.45) is 5.92 Å². The minimum Gasteiger partial charge on any atom is -0.481 e. The van der Waals surface area contributed by atoms with Crippen LogP contribution in [0.3, 0.4) is 0 Å². The molecule has 32 heavy (non-hydrogen) atoms. The number of carbonyl (C=O) groups is 2. The Kier molecular flexibility index (Phi) is 8.57. The van der Waals surface area contributed by atoms with Crippen LogP contribution in [0.1, 0.15) is 30.5 Å². The second-order valence-corrected chi connectivity index (χ2v) is 7.92. The highest BCUT2D eigenvalue weighted by Gasteiger charge is 2.24. The number of H-pyrrole nitrogens is 1. The van der Waals surface area contributed by atoms with Gasteiger partial charge in [0.2, 0.25) is 5.91 Å². The fourth-order valence-corrected chi connectivity index (χ4v) is 3.73. The molecule has 1 unspecified atom stereocenters. The molecule has 0 aliphatic carbocycles. The number of imidazole rings is 1. The fourth-order valence-electron chi connectivity index (χ4n) is 3.73. The molecule has 1 heterocycles. The predicted molar refractivity (Wildman–Crippen MR) is 122 cm³/mol. The number of aliphatic carboxylic acids is 1. The number of rotatable bonds is 12. The minimum atomic E-state index is -1.01. The highest BCUT2D eigenvalue weighted by Crippen LogP contribution is 2.21. The van der Waals surface area contributed by atoms with E-state index in [1.54, 1.807) is 6.20 Å². The third kappa shape index (κ3) is 7.06. The maximum Gasteiger partial charge on any atom is 0.304 e. The van der Waals surface area contributed by atoms with Crippen molar-refractivity contribution in [2.45, 2.75) is 38.1 Å². The molecule has 168 valence electrons. The smallest absolute Gasteiger partial charge is 0.304 e. The van der Waals surface area contributed by atoms with Crippen molar-refractivity contribution in [1.82, 2.24) is 15.3 Å². The molecule has 2 atom stereocenters. The summed E-state index contributed by atoms with van der Waals surface area (Å²) >= 11 is 0. The van der Waals surface area contributed by atoms with Crippen LogP contribution in [0.15, 0.2) is 67.1 Å². The molecule has 0 aliphatic heterocycles. The van der Waals surface area contributed by atoms with E-state index in [1.165, 1.54) is 6.33 Å². The number of nitrogens with one attached hydrogen (secondary N) is 2. The van der Waals surface area contributed by atoms with Gasteiger partial charge in [0.05, 0.1) is 25.4 Å². The van der Waals surface area contributed by atoms with Gasteiger partial charge < -0.3 is 20.5 Å². The summed E-state index contributed by atoms with van der Waals surface area (Å²) in [5, 5.41) is 21.6. The quantitative estimate of drug-likeness (QED) is 0.349. The van der Waals surface area contributed by atoms with Crippen molar-refractivity contribution in [3.05, 3.63) is 78.4 Å². The highest BCUT2D eigenvalue weighted by molar-refractivity contribution is 5.83. The maximum absolute atomic E-state index is 12.7. The Balaban J connectivity index is 1.53. The predicted octanol–water partition coefficient (Wildman–Crippen LogP) is 3.21. The molecule has 0 saturated heterocycles. The Morgan fingerprint density at radius 1 is 1.03 bits per heavy atom. The van der Waals surface area contributed by atoms with Gasteiger partial charge in [0.15, 0.2) is 0 Å². The third-order valence-corrected chi connectivity index (χ3v) is 5.46. The molecule has 3 aromatic rings. The molecular weight excluding hydrogens is 406 g/mol. The van der Waals surface area contributed by atoms with Gasteiger partial charge in [-0.05, 0) is 36.0 Å². The monoisotopic (exact) mass is 435 g/mol. The lowest BCUT2D eigenvalue weighted by Gasteiger charge is -2.20. The summed E-state index contributed by atoms with van der Waals surface area (Å²) in [7, 11) is 0. The number of aliphatic hydroxyl groups is 1. The first kappa shape index (κ1) is 23.2. The lowest BCUT2D eigenvalue weighted by molar-refractivity contribution is -0.141. The molecule has 0 fully saturated rings. The number of aliphatic hydroxyl groups excluding tert-OH is 1. The number of carboxylic acids is 1. The van der Waals surface area contributed by atoms with Crippen LogP contribution in [0.5, 0.6) is 0 Å². The molecule has 1 amide bonds. The maximum atomic E-state index is 12.7. The lowest BCUT2D eigenvalue weighted by Crippen LogP contribution is -2.43. The first-order valence-electron chi connectivity index (χ1n) is 10.8. The zero-order valence-electron chi connectivity index (χ0n) is 17.9. The summed E-state index contributed by atoms with van der Waals surface area (Å²) in [6, 6.07) is 17.9. The third-order valence-electron chi connectivity index (χ3n) is 5.46. The number of aromatic amines is 1. The molecule has 0 radical (unpaired) electrons. The van der Waals surface area contributed by atoms with Crippen LogP contribution in [0, 0.1) is 5.92 Å². The fraction of sp³-hybridized carbons (Fsp3) is 0.320. The minimum absolute atomic E-state index is 0.235. The average Bonchev–Trinajstić information content (AvgIpc) is 3.32. The van der Waals surface area contributed by atoms with Crippen LogP contribution >= 0.6 is 0 Å². The average molecular weight is 436 g/mol. The second-order valence-electron chi connectivity index (χ2n) is 7.92. The Hall–Kier alpha value is -3.45. The van der Waals surface area contributed by atoms with E-state index in [-0.39, 0.29) is 18.9 Å². The summed E-state index contributed by atoms with van der Waals surface area (Å²) < 4.78 is 0. The molecule has 0 bridgehead atoms. The first-order valence-corrected chi connectivity index (χ1v) is 10.8. The molecule has 7 nitrogen and oxygen atoms in total. The molecule has 2 aromatic carbocycles.